The highest BCUT2D eigenvalue weighted by Gasteiger charge is 2.31. The predicted octanol–water partition coefficient (Wildman–Crippen LogP) is 1.93. The summed E-state index contributed by atoms with van der Waals surface area (Å²) in [6, 6.07) is 9.16. The third-order valence-electron chi connectivity index (χ3n) is 3.70. The first-order chi connectivity index (χ1) is 8.98. The van der Waals surface area contributed by atoms with E-state index in [0.717, 1.165) is 26.1 Å². The number of hydrogen-bond acceptors (Lipinski definition) is 3. The molecule has 0 bridgehead atoms. The van der Waals surface area contributed by atoms with Gasteiger partial charge in [0.25, 0.3) is 0 Å². The Hall–Kier alpha value is -0.900. The summed E-state index contributed by atoms with van der Waals surface area (Å²) in [4.78, 5) is 2.49. The Labute approximate surface area is 116 Å². The maximum absolute atomic E-state index is 9.14. The van der Waals surface area contributed by atoms with Gasteiger partial charge in [0.05, 0.1) is 0 Å². The van der Waals surface area contributed by atoms with Gasteiger partial charge in [-0.25, -0.2) is 0 Å². The molecule has 2 rings (SSSR count). The lowest BCUT2D eigenvalue weighted by molar-refractivity contribution is 0.0982. The van der Waals surface area contributed by atoms with Crippen molar-refractivity contribution in [1.29, 1.82) is 0 Å². The highest BCUT2D eigenvalue weighted by molar-refractivity contribution is 5.21. The first kappa shape index (κ1) is 14.5. The average Bonchev–Trinajstić information content (AvgIpc) is 2.30. The molecule has 3 nitrogen and oxygen atoms in total. The van der Waals surface area contributed by atoms with Gasteiger partial charge < -0.3 is 10.4 Å². The zero-order valence-corrected chi connectivity index (χ0v) is 12.3. The van der Waals surface area contributed by atoms with E-state index in [4.69, 9.17) is 5.11 Å². The smallest absolute Gasteiger partial charge is 0.0446 e. The number of nitrogens with zero attached hydrogens (tertiary/aromatic N) is 1. The fraction of sp³-hybridized carbons (Fsp3) is 0.625. The zero-order valence-electron chi connectivity index (χ0n) is 12.3. The minimum atomic E-state index is 0.114. The molecule has 0 aliphatic carbocycles. The summed E-state index contributed by atoms with van der Waals surface area (Å²) in [5.41, 5.74) is 2.79. The number of piperazine rings is 1. The summed E-state index contributed by atoms with van der Waals surface area (Å²) < 4.78 is 0. The SMILES string of the molecule is Cc1ccc(CN2CC(CCO)NC(C)(C)C2)cc1. The Balaban J connectivity index is 2.00. The van der Waals surface area contributed by atoms with Crippen LogP contribution < -0.4 is 5.32 Å². The molecule has 2 N–H and O–H groups in total. The second kappa shape index (κ2) is 6.04. The molecule has 0 spiro atoms. The molecule has 1 saturated heterocycles. The fourth-order valence-corrected chi connectivity index (χ4v) is 2.97. The van der Waals surface area contributed by atoms with Crippen molar-refractivity contribution in [2.45, 2.75) is 45.3 Å². The van der Waals surface area contributed by atoms with Crippen LogP contribution in [-0.2, 0) is 6.54 Å². The van der Waals surface area contributed by atoms with Gasteiger partial charge in [-0.2, -0.15) is 0 Å². The van der Waals surface area contributed by atoms with Crippen LogP contribution in [0.2, 0.25) is 0 Å². The van der Waals surface area contributed by atoms with E-state index < -0.39 is 0 Å². The third-order valence-corrected chi connectivity index (χ3v) is 3.70. The van der Waals surface area contributed by atoms with Crippen LogP contribution in [0.25, 0.3) is 0 Å². The Morgan fingerprint density at radius 2 is 2.00 bits per heavy atom. The largest absolute Gasteiger partial charge is 0.396 e. The van der Waals surface area contributed by atoms with Gasteiger partial charge in [0, 0.05) is 37.8 Å². The number of aryl methyl sites for hydroxylation is 1. The summed E-state index contributed by atoms with van der Waals surface area (Å²) in [7, 11) is 0. The lowest BCUT2D eigenvalue weighted by Crippen LogP contribution is -2.61. The molecule has 1 atom stereocenters. The second-order valence-corrected chi connectivity index (χ2v) is 6.39. The Bertz CT molecular complexity index is 400. The minimum absolute atomic E-state index is 0.114. The van der Waals surface area contributed by atoms with Crippen LogP contribution in [0.3, 0.4) is 0 Å². The molecule has 1 aromatic carbocycles. The van der Waals surface area contributed by atoms with Crippen LogP contribution in [0.4, 0.5) is 0 Å². The quantitative estimate of drug-likeness (QED) is 0.870. The Kier molecular flexibility index (Phi) is 4.61. The maximum atomic E-state index is 9.14. The van der Waals surface area contributed by atoms with Gasteiger partial charge in [0.1, 0.15) is 0 Å². The van der Waals surface area contributed by atoms with Crippen molar-refractivity contribution < 1.29 is 5.11 Å². The Morgan fingerprint density at radius 1 is 1.32 bits per heavy atom. The van der Waals surface area contributed by atoms with E-state index in [1.807, 2.05) is 0 Å². The fourth-order valence-electron chi connectivity index (χ4n) is 2.97. The van der Waals surface area contributed by atoms with Crippen molar-refractivity contribution in [3.05, 3.63) is 35.4 Å². The van der Waals surface area contributed by atoms with Crippen LogP contribution in [0.5, 0.6) is 0 Å². The highest BCUT2D eigenvalue weighted by Crippen LogP contribution is 2.18. The molecule has 19 heavy (non-hydrogen) atoms. The number of rotatable bonds is 4. The van der Waals surface area contributed by atoms with E-state index in [1.54, 1.807) is 0 Å². The number of aliphatic hydroxyl groups is 1. The topological polar surface area (TPSA) is 35.5 Å². The van der Waals surface area contributed by atoms with E-state index in [1.165, 1.54) is 11.1 Å². The predicted molar refractivity (Wildman–Crippen MR) is 79.2 cm³/mol. The van der Waals surface area contributed by atoms with Gasteiger partial charge >= 0.3 is 0 Å². The van der Waals surface area contributed by atoms with Gasteiger partial charge in [0.15, 0.2) is 0 Å². The normalized spacial score (nSPS) is 23.5. The van der Waals surface area contributed by atoms with E-state index in [0.29, 0.717) is 6.04 Å². The van der Waals surface area contributed by atoms with Crippen molar-refractivity contribution in [3.63, 3.8) is 0 Å². The lowest BCUT2D eigenvalue weighted by Gasteiger charge is -2.44. The summed E-state index contributed by atoms with van der Waals surface area (Å²) in [5, 5.41) is 12.8. The van der Waals surface area contributed by atoms with Crippen molar-refractivity contribution in [3.8, 4) is 0 Å². The molecule has 0 saturated carbocycles. The molecule has 106 valence electrons. The van der Waals surface area contributed by atoms with Gasteiger partial charge in [-0.3, -0.25) is 4.90 Å². The van der Waals surface area contributed by atoms with Crippen molar-refractivity contribution in [2.75, 3.05) is 19.7 Å². The van der Waals surface area contributed by atoms with Gasteiger partial charge in [-0.05, 0) is 32.8 Å². The van der Waals surface area contributed by atoms with Crippen LogP contribution in [0, 0.1) is 6.92 Å². The summed E-state index contributed by atoms with van der Waals surface area (Å²) >= 11 is 0. The molecule has 1 heterocycles. The lowest BCUT2D eigenvalue weighted by atomic mass is 9.96. The minimum Gasteiger partial charge on any atom is -0.396 e. The number of hydrogen-bond donors (Lipinski definition) is 2. The van der Waals surface area contributed by atoms with E-state index in [-0.39, 0.29) is 12.1 Å². The monoisotopic (exact) mass is 262 g/mol. The number of benzene rings is 1. The van der Waals surface area contributed by atoms with Gasteiger partial charge in [-0.1, -0.05) is 29.8 Å². The third kappa shape index (κ3) is 4.30. The molecule has 1 aliphatic rings. The van der Waals surface area contributed by atoms with Gasteiger partial charge in [-0.15, -0.1) is 0 Å². The maximum Gasteiger partial charge on any atom is 0.0446 e. The highest BCUT2D eigenvalue weighted by atomic mass is 16.3. The summed E-state index contributed by atoms with van der Waals surface area (Å²) in [5.74, 6) is 0. The molecular weight excluding hydrogens is 236 g/mol. The van der Waals surface area contributed by atoms with Crippen LogP contribution in [-0.4, -0.2) is 41.3 Å². The molecule has 3 heteroatoms. The zero-order chi connectivity index (χ0) is 13.9. The average molecular weight is 262 g/mol. The molecular formula is C16H26N2O. The molecule has 0 amide bonds. The molecule has 1 fully saturated rings. The van der Waals surface area contributed by atoms with Crippen molar-refractivity contribution in [2.24, 2.45) is 0 Å². The first-order valence-corrected chi connectivity index (χ1v) is 7.15. The van der Waals surface area contributed by atoms with Gasteiger partial charge in [0.2, 0.25) is 0 Å². The summed E-state index contributed by atoms with van der Waals surface area (Å²) in [6.45, 7) is 9.90. The summed E-state index contributed by atoms with van der Waals surface area (Å²) in [6.07, 6.45) is 0.827. The van der Waals surface area contributed by atoms with E-state index in [9.17, 15) is 0 Å². The standard InChI is InChI=1S/C16H26N2O/c1-13-4-6-14(7-5-13)10-18-11-15(8-9-19)17-16(2,3)12-18/h4-7,15,17,19H,8-12H2,1-3H3. The second-order valence-electron chi connectivity index (χ2n) is 6.39. The van der Waals surface area contributed by atoms with Crippen molar-refractivity contribution >= 4 is 0 Å². The number of nitrogens with one attached hydrogen (secondary N) is 1. The molecule has 1 unspecified atom stereocenters. The molecule has 0 aromatic heterocycles. The molecule has 1 aliphatic heterocycles. The number of aliphatic hydroxyl groups excluding tert-OH is 1. The van der Waals surface area contributed by atoms with Crippen LogP contribution >= 0.6 is 0 Å². The Morgan fingerprint density at radius 3 is 2.63 bits per heavy atom. The first-order valence-electron chi connectivity index (χ1n) is 7.15. The van der Waals surface area contributed by atoms with Crippen molar-refractivity contribution in [1.82, 2.24) is 10.2 Å². The van der Waals surface area contributed by atoms with E-state index in [2.05, 4.69) is 55.3 Å². The van der Waals surface area contributed by atoms with Crippen LogP contribution in [0.1, 0.15) is 31.4 Å². The molecule has 0 radical (unpaired) electrons. The van der Waals surface area contributed by atoms with E-state index >= 15 is 0 Å². The van der Waals surface area contributed by atoms with Crippen LogP contribution in [0.15, 0.2) is 24.3 Å². The molecule has 1 aromatic rings.